The number of rotatable bonds is 52. The van der Waals surface area contributed by atoms with Crippen LogP contribution >= 0.6 is 7.82 Å². The Hall–Kier alpha value is -3.86. The van der Waals surface area contributed by atoms with E-state index in [4.69, 9.17) is 23.3 Å². The van der Waals surface area contributed by atoms with E-state index in [0.717, 1.165) is 148 Å². The number of hydrogen-bond acceptors (Lipinski definition) is 10. The predicted molar refractivity (Wildman–Crippen MR) is 307 cm³/mol. The van der Waals surface area contributed by atoms with Crippen LogP contribution < -0.4 is 0 Å². The molecule has 0 heterocycles. The minimum absolute atomic E-state index is 0.129. The number of phosphoric ester groups is 1. The molecule has 3 unspecified atom stereocenters. The first-order valence-electron chi connectivity index (χ1n) is 28.8. The van der Waals surface area contributed by atoms with Crippen LogP contribution in [0.5, 0.6) is 0 Å². The molecule has 0 aromatic heterocycles. The van der Waals surface area contributed by atoms with Crippen molar-refractivity contribution < 1.29 is 52.2 Å². The van der Waals surface area contributed by atoms with Crippen LogP contribution in [0, 0.1) is 0 Å². The summed E-state index contributed by atoms with van der Waals surface area (Å²) in [7, 11) is -4.77. The van der Waals surface area contributed by atoms with E-state index in [2.05, 4.69) is 130 Å². The quantitative estimate of drug-likeness (QED) is 0.0197. The number of allylic oxidation sites excluding steroid dienone is 18. The van der Waals surface area contributed by atoms with Crippen molar-refractivity contribution in [1.82, 2.24) is 0 Å². The van der Waals surface area contributed by atoms with Gasteiger partial charge in [0.1, 0.15) is 12.7 Å². The van der Waals surface area contributed by atoms with Gasteiger partial charge in [-0.15, -0.1) is 0 Å². The maximum atomic E-state index is 12.9. The summed E-state index contributed by atoms with van der Waals surface area (Å²) in [5.41, 5.74) is 0. The van der Waals surface area contributed by atoms with Gasteiger partial charge in [0.25, 0.3) is 0 Å². The first-order chi connectivity index (χ1) is 36.2. The minimum Gasteiger partial charge on any atom is -0.462 e. The second kappa shape index (κ2) is 55.4. The Balaban J connectivity index is 4.82. The highest BCUT2D eigenvalue weighted by Crippen LogP contribution is 2.43. The molecule has 2 N–H and O–H groups in total. The van der Waals surface area contributed by atoms with Gasteiger partial charge in [0.05, 0.1) is 19.8 Å². The van der Waals surface area contributed by atoms with Gasteiger partial charge in [-0.2, -0.15) is 0 Å². The monoisotopic (exact) mass is 1050 g/mol. The summed E-state index contributed by atoms with van der Waals surface area (Å²) < 4.78 is 39.5. The first kappa shape index (κ1) is 70.1. The van der Waals surface area contributed by atoms with Gasteiger partial charge in [-0.05, 0) is 122 Å². The number of phosphoric acid groups is 1. The number of unbranched alkanes of at least 4 members (excludes halogenated alkanes) is 17. The molecule has 0 aliphatic heterocycles. The fraction of sp³-hybridized carbons (Fsp3) is 0.661. The van der Waals surface area contributed by atoms with Crippen molar-refractivity contribution in [3.63, 3.8) is 0 Å². The van der Waals surface area contributed by atoms with Gasteiger partial charge in [-0.25, -0.2) is 4.57 Å². The fourth-order valence-electron chi connectivity index (χ4n) is 7.33. The molecule has 0 rings (SSSR count). The number of carbonyl (C=O) groups is 3. The van der Waals surface area contributed by atoms with E-state index in [-0.39, 0.29) is 25.9 Å². The third-order valence-corrected chi connectivity index (χ3v) is 12.6. The van der Waals surface area contributed by atoms with Gasteiger partial charge < -0.3 is 24.2 Å². The van der Waals surface area contributed by atoms with Crippen LogP contribution in [0.2, 0.25) is 0 Å². The molecule has 11 nitrogen and oxygen atoms in total. The Morgan fingerprint density at radius 3 is 1.08 bits per heavy atom. The van der Waals surface area contributed by atoms with E-state index in [9.17, 15) is 28.9 Å². The smallest absolute Gasteiger partial charge is 0.462 e. The number of ether oxygens (including phenoxy) is 3. The molecule has 0 bridgehead atoms. The molecule has 0 aliphatic carbocycles. The van der Waals surface area contributed by atoms with E-state index in [1.54, 1.807) is 0 Å². The first-order valence-corrected chi connectivity index (χ1v) is 30.3. The molecular formula is C62H103O11P. The van der Waals surface area contributed by atoms with Gasteiger partial charge in [0, 0.05) is 19.3 Å². The van der Waals surface area contributed by atoms with E-state index in [0.29, 0.717) is 19.3 Å². The van der Waals surface area contributed by atoms with Gasteiger partial charge in [0.2, 0.25) is 0 Å². The number of carbonyl (C=O) groups excluding carboxylic acids is 3. The highest BCUT2D eigenvalue weighted by atomic mass is 31.2. The average Bonchev–Trinajstić information content (AvgIpc) is 3.39. The van der Waals surface area contributed by atoms with Gasteiger partial charge >= 0.3 is 25.7 Å². The zero-order valence-corrected chi connectivity index (χ0v) is 47.4. The lowest BCUT2D eigenvalue weighted by Crippen LogP contribution is -2.30. The van der Waals surface area contributed by atoms with Crippen LogP contribution in [-0.4, -0.2) is 66.5 Å². The molecule has 0 aromatic carbocycles. The van der Waals surface area contributed by atoms with Crippen molar-refractivity contribution in [2.24, 2.45) is 0 Å². The van der Waals surface area contributed by atoms with Crippen molar-refractivity contribution in [3.05, 3.63) is 109 Å². The maximum absolute atomic E-state index is 12.9. The van der Waals surface area contributed by atoms with Crippen molar-refractivity contribution in [2.45, 2.75) is 238 Å². The molecule has 0 saturated carbocycles. The van der Waals surface area contributed by atoms with E-state index in [1.165, 1.54) is 19.3 Å². The Bertz CT molecular complexity index is 1660. The van der Waals surface area contributed by atoms with Crippen LogP contribution in [0.4, 0.5) is 0 Å². The molecule has 0 saturated heterocycles. The normalized spacial score (nSPS) is 14.2. The molecule has 0 radical (unpaired) electrons. The number of hydrogen-bond donors (Lipinski definition) is 2. The third kappa shape index (κ3) is 53.0. The maximum Gasteiger partial charge on any atom is 0.472 e. The van der Waals surface area contributed by atoms with Gasteiger partial charge in [-0.1, -0.05) is 194 Å². The summed E-state index contributed by atoms with van der Waals surface area (Å²) in [4.78, 5) is 48.5. The molecule has 0 aliphatic rings. The van der Waals surface area contributed by atoms with Crippen molar-refractivity contribution >= 4 is 25.7 Å². The lowest BCUT2D eigenvalue weighted by Gasteiger charge is -2.21. The fourth-order valence-corrected chi connectivity index (χ4v) is 8.12. The van der Waals surface area contributed by atoms with Gasteiger partial charge in [-0.3, -0.25) is 23.4 Å². The van der Waals surface area contributed by atoms with Crippen molar-refractivity contribution in [2.75, 3.05) is 26.4 Å². The SMILES string of the molecule is CC/C=C\C/C=C\C/C=C\C/C=C\CCCCCCC(=O)OC(COC(=O)CCCCCCC/C=C\C/C=C\C/C=C\CC)COP(=O)(O)OCC(CO)OC(=O)CCCCCCC/C=C\C/C=C\CCCCC. The van der Waals surface area contributed by atoms with E-state index in [1.807, 2.05) is 0 Å². The lowest BCUT2D eigenvalue weighted by atomic mass is 10.1. The zero-order valence-electron chi connectivity index (χ0n) is 46.5. The second-order valence-corrected chi connectivity index (χ2v) is 20.1. The highest BCUT2D eigenvalue weighted by molar-refractivity contribution is 7.47. The topological polar surface area (TPSA) is 155 Å². The highest BCUT2D eigenvalue weighted by Gasteiger charge is 2.28. The number of aliphatic hydroxyl groups is 1. The minimum atomic E-state index is -4.77. The van der Waals surface area contributed by atoms with E-state index < -0.39 is 57.8 Å². The van der Waals surface area contributed by atoms with Crippen molar-refractivity contribution in [3.8, 4) is 0 Å². The Labute approximate surface area is 450 Å². The number of aliphatic hydroxyl groups excluding tert-OH is 1. The molecular weight excluding hydrogens is 952 g/mol. The van der Waals surface area contributed by atoms with Gasteiger partial charge in [0.15, 0.2) is 6.10 Å². The Kier molecular flexibility index (Phi) is 52.5. The second-order valence-electron chi connectivity index (χ2n) is 18.7. The molecule has 74 heavy (non-hydrogen) atoms. The summed E-state index contributed by atoms with van der Waals surface area (Å²) in [5, 5.41) is 9.81. The largest absolute Gasteiger partial charge is 0.472 e. The molecule has 3 atom stereocenters. The van der Waals surface area contributed by atoms with Crippen LogP contribution in [0.15, 0.2) is 109 Å². The molecule has 0 fully saturated rings. The summed E-state index contributed by atoms with van der Waals surface area (Å²) in [5.74, 6) is -1.54. The van der Waals surface area contributed by atoms with E-state index >= 15 is 0 Å². The standard InChI is InChI=1S/C62H103O11P/c1-4-7-10-13-16-19-22-25-28-29-32-35-38-41-44-47-50-53-62(66)73-59(55-69-60(64)51-48-45-42-39-36-33-30-26-23-20-17-14-11-8-5-2)57-71-74(67,68)70-56-58(54-63)72-61(65)52-49-46-43-40-37-34-31-27-24-21-18-15-12-9-6-3/h7-8,10-11,16-21,25-28,30-32,35,58-59,63H,4-6,9,12-15,22-24,29,33-34,36-57H2,1-3H3,(H,67,68)/b10-7-,11-8-,19-16-,20-17-,21-18-,28-25-,30-26-,31-27-,35-32-. The Morgan fingerprint density at radius 1 is 0.392 bits per heavy atom. The summed E-state index contributed by atoms with van der Waals surface area (Å²) in [6.45, 7) is 4.32. The average molecular weight is 1060 g/mol. The zero-order chi connectivity index (χ0) is 54.1. The molecule has 0 aromatic rings. The molecule has 12 heteroatoms. The van der Waals surface area contributed by atoms with Crippen LogP contribution in [0.1, 0.15) is 226 Å². The molecule has 0 amide bonds. The molecule has 422 valence electrons. The number of esters is 3. The summed E-state index contributed by atoms with van der Waals surface area (Å²) in [6, 6.07) is 0. The predicted octanol–water partition coefficient (Wildman–Crippen LogP) is 17.0. The Morgan fingerprint density at radius 2 is 0.703 bits per heavy atom. The van der Waals surface area contributed by atoms with Crippen LogP contribution in [-0.2, 0) is 42.2 Å². The molecule has 0 spiro atoms. The lowest BCUT2D eigenvalue weighted by molar-refractivity contribution is -0.161. The van der Waals surface area contributed by atoms with Crippen LogP contribution in [0.3, 0.4) is 0 Å². The summed E-state index contributed by atoms with van der Waals surface area (Å²) in [6.07, 6.45) is 66.1. The third-order valence-electron chi connectivity index (χ3n) is 11.7. The van der Waals surface area contributed by atoms with Crippen molar-refractivity contribution in [1.29, 1.82) is 0 Å². The van der Waals surface area contributed by atoms with Crippen LogP contribution in [0.25, 0.3) is 0 Å². The summed E-state index contributed by atoms with van der Waals surface area (Å²) >= 11 is 0.